The number of H-pyrrole nitrogens is 1. The van der Waals surface area contributed by atoms with Gasteiger partial charge < -0.3 is 30.2 Å². The molecule has 36 heavy (non-hydrogen) atoms. The Kier molecular flexibility index (Phi) is 9.72. The van der Waals surface area contributed by atoms with Crippen LogP contribution in [0.1, 0.15) is 56.9 Å². The van der Waals surface area contributed by atoms with Crippen LogP contribution in [0.25, 0.3) is 10.9 Å². The van der Waals surface area contributed by atoms with Crippen molar-refractivity contribution >= 4 is 28.7 Å². The van der Waals surface area contributed by atoms with E-state index in [9.17, 15) is 19.5 Å². The third kappa shape index (κ3) is 6.98. The first-order chi connectivity index (χ1) is 17.2. The number of nitrogens with one attached hydrogen (secondary N) is 4. The lowest BCUT2D eigenvalue weighted by Crippen LogP contribution is -2.54. The van der Waals surface area contributed by atoms with Gasteiger partial charge in [-0.1, -0.05) is 19.9 Å². The fourth-order valence-corrected chi connectivity index (χ4v) is 4.59. The highest BCUT2D eigenvalue weighted by Gasteiger charge is 2.33. The fraction of sp³-hybridized carbons (Fsp3) is 0.577. The summed E-state index contributed by atoms with van der Waals surface area (Å²) in [5.41, 5.74) is 1.06. The number of methoxy groups -OCH3 is 1. The Morgan fingerprint density at radius 3 is 2.64 bits per heavy atom. The van der Waals surface area contributed by atoms with E-state index in [0.29, 0.717) is 31.0 Å². The number of benzene rings is 1. The molecular weight excluding hydrogens is 464 g/mol. The summed E-state index contributed by atoms with van der Waals surface area (Å²) in [4.78, 5) is 41.9. The average Bonchev–Trinajstić information content (AvgIpc) is 3.29. The summed E-state index contributed by atoms with van der Waals surface area (Å²) in [6.45, 7) is 6.99. The van der Waals surface area contributed by atoms with Crippen molar-refractivity contribution in [3.05, 3.63) is 30.0 Å². The lowest BCUT2D eigenvalue weighted by atomic mass is 9.90. The smallest absolute Gasteiger partial charge is 0.328 e. The van der Waals surface area contributed by atoms with Crippen LogP contribution in [0, 0.1) is 11.8 Å². The van der Waals surface area contributed by atoms with Gasteiger partial charge in [0.2, 0.25) is 5.91 Å². The molecule has 1 aliphatic heterocycles. The number of fused-ring (bicyclic) bond motifs is 1. The molecule has 2 aromatic rings. The number of carbonyl (C=O) groups excluding carboxylic acids is 3. The standard InChI is InChI=1S/C26H38N4O6/c1-5-36-22-10-6-9-18-17(22)14-20(28-18)25(33)29-19(12-15(2)3)24(32)30-21(26(34)35-4)13-16-8-7-11-27-23(16)31/h6,9-10,14-16,19,21,23,27-28,31H,5,7-8,11-13H2,1-4H3,(H,29,33)(H,30,32)/t16-,19-,21-,23?/m0/s1. The quantitative estimate of drug-likeness (QED) is 0.296. The molecule has 0 radical (unpaired) electrons. The Morgan fingerprint density at radius 2 is 1.97 bits per heavy atom. The van der Waals surface area contributed by atoms with Crippen molar-refractivity contribution in [2.75, 3.05) is 20.3 Å². The predicted octanol–water partition coefficient (Wildman–Crippen LogP) is 2.08. The van der Waals surface area contributed by atoms with Crippen LogP contribution in [0.15, 0.2) is 24.3 Å². The van der Waals surface area contributed by atoms with E-state index in [0.717, 1.165) is 23.7 Å². The summed E-state index contributed by atoms with van der Waals surface area (Å²) < 4.78 is 10.6. The maximum Gasteiger partial charge on any atom is 0.328 e. The average molecular weight is 503 g/mol. The normalized spacial score (nSPS) is 19.5. The summed E-state index contributed by atoms with van der Waals surface area (Å²) in [7, 11) is 1.26. The number of esters is 1. The summed E-state index contributed by atoms with van der Waals surface area (Å²) in [6, 6.07) is 5.43. The number of aliphatic hydroxyl groups is 1. The van der Waals surface area contributed by atoms with Crippen molar-refractivity contribution in [3.8, 4) is 5.75 Å². The van der Waals surface area contributed by atoms with Crippen LogP contribution in [0.5, 0.6) is 5.75 Å². The molecule has 1 fully saturated rings. The lowest BCUT2D eigenvalue weighted by Gasteiger charge is -2.31. The van der Waals surface area contributed by atoms with Crippen LogP contribution in [0.2, 0.25) is 0 Å². The molecule has 198 valence electrons. The van der Waals surface area contributed by atoms with Crippen molar-refractivity contribution < 1.29 is 29.0 Å². The van der Waals surface area contributed by atoms with E-state index in [1.165, 1.54) is 7.11 Å². The first-order valence-electron chi connectivity index (χ1n) is 12.6. The molecule has 1 saturated heterocycles. The van der Waals surface area contributed by atoms with Gasteiger partial charge in [0.05, 0.1) is 13.7 Å². The van der Waals surface area contributed by atoms with Crippen molar-refractivity contribution in [2.24, 2.45) is 11.8 Å². The number of piperidine rings is 1. The Morgan fingerprint density at radius 1 is 1.19 bits per heavy atom. The summed E-state index contributed by atoms with van der Waals surface area (Å²) in [5.74, 6) is -0.925. The van der Waals surface area contributed by atoms with Gasteiger partial charge in [-0.2, -0.15) is 0 Å². The number of aliphatic hydroxyl groups excluding tert-OH is 1. The highest BCUT2D eigenvalue weighted by molar-refractivity contribution is 6.01. The third-order valence-electron chi connectivity index (χ3n) is 6.39. The number of hydrogen-bond acceptors (Lipinski definition) is 7. The molecule has 2 heterocycles. The SMILES string of the molecule is CCOc1cccc2[nH]c(C(=O)N[C@@H](CC(C)C)C(=O)N[C@@H](C[C@@H]3CCCNC3O)C(=O)OC)cc12. The number of ether oxygens (including phenoxy) is 2. The first kappa shape index (κ1) is 27.5. The van der Waals surface area contributed by atoms with E-state index < -0.39 is 36.1 Å². The van der Waals surface area contributed by atoms with E-state index in [1.54, 1.807) is 6.07 Å². The highest BCUT2D eigenvalue weighted by atomic mass is 16.5. The van der Waals surface area contributed by atoms with Crippen molar-refractivity contribution in [1.82, 2.24) is 20.9 Å². The maximum atomic E-state index is 13.3. The molecule has 3 rings (SSSR count). The minimum Gasteiger partial charge on any atom is -0.493 e. The Hall–Kier alpha value is -3.11. The second kappa shape index (κ2) is 12.7. The maximum absolute atomic E-state index is 13.3. The van der Waals surface area contributed by atoms with Crippen LogP contribution in [0.3, 0.4) is 0 Å². The van der Waals surface area contributed by atoms with Crippen LogP contribution < -0.4 is 20.7 Å². The van der Waals surface area contributed by atoms with Crippen molar-refractivity contribution in [3.63, 3.8) is 0 Å². The molecule has 4 atom stereocenters. The summed E-state index contributed by atoms with van der Waals surface area (Å²) >= 11 is 0. The topological polar surface area (TPSA) is 142 Å². The van der Waals surface area contributed by atoms with Gasteiger partial charge >= 0.3 is 5.97 Å². The number of amides is 2. The van der Waals surface area contributed by atoms with Crippen LogP contribution >= 0.6 is 0 Å². The van der Waals surface area contributed by atoms with Gasteiger partial charge in [0, 0.05) is 16.8 Å². The third-order valence-corrected chi connectivity index (χ3v) is 6.39. The molecule has 1 aromatic heterocycles. The molecule has 2 amide bonds. The molecule has 10 nitrogen and oxygen atoms in total. The van der Waals surface area contributed by atoms with E-state index in [1.807, 2.05) is 39.0 Å². The van der Waals surface area contributed by atoms with Gasteiger partial charge in [0.15, 0.2) is 0 Å². The Labute approximate surface area is 211 Å². The van der Waals surface area contributed by atoms with Crippen LogP contribution in [-0.4, -0.2) is 66.4 Å². The van der Waals surface area contributed by atoms with Gasteiger partial charge in [-0.15, -0.1) is 0 Å². The zero-order chi connectivity index (χ0) is 26.2. The second-order valence-corrected chi connectivity index (χ2v) is 9.61. The molecule has 0 aliphatic carbocycles. The number of aromatic nitrogens is 1. The molecule has 0 saturated carbocycles. The summed E-state index contributed by atoms with van der Waals surface area (Å²) in [5, 5.41) is 19.6. The van der Waals surface area contributed by atoms with E-state index in [4.69, 9.17) is 9.47 Å². The van der Waals surface area contributed by atoms with E-state index in [2.05, 4.69) is 20.9 Å². The molecule has 1 unspecified atom stereocenters. The zero-order valence-electron chi connectivity index (χ0n) is 21.4. The van der Waals surface area contributed by atoms with Gasteiger partial charge in [-0.3, -0.25) is 14.9 Å². The molecule has 1 aromatic carbocycles. The zero-order valence-corrected chi connectivity index (χ0v) is 21.4. The van der Waals surface area contributed by atoms with Gasteiger partial charge in [-0.05, 0) is 63.3 Å². The lowest BCUT2D eigenvalue weighted by molar-refractivity contribution is -0.146. The fourth-order valence-electron chi connectivity index (χ4n) is 4.59. The number of aromatic amines is 1. The monoisotopic (exact) mass is 502 g/mol. The largest absolute Gasteiger partial charge is 0.493 e. The molecule has 1 aliphatic rings. The number of rotatable bonds is 11. The molecule has 0 bridgehead atoms. The number of hydrogen-bond donors (Lipinski definition) is 5. The van der Waals surface area contributed by atoms with Gasteiger partial charge in [0.25, 0.3) is 5.91 Å². The highest BCUT2D eigenvalue weighted by Crippen LogP contribution is 2.26. The minimum absolute atomic E-state index is 0.106. The molecular formula is C26H38N4O6. The first-order valence-corrected chi connectivity index (χ1v) is 12.6. The van der Waals surface area contributed by atoms with Gasteiger partial charge in [0.1, 0.15) is 29.8 Å². The van der Waals surface area contributed by atoms with Crippen LogP contribution in [-0.2, 0) is 14.3 Å². The van der Waals surface area contributed by atoms with Crippen molar-refractivity contribution in [2.45, 2.75) is 64.8 Å². The van der Waals surface area contributed by atoms with Gasteiger partial charge in [-0.25, -0.2) is 4.79 Å². The summed E-state index contributed by atoms with van der Waals surface area (Å²) in [6.07, 6.45) is 1.46. The van der Waals surface area contributed by atoms with Crippen molar-refractivity contribution in [1.29, 1.82) is 0 Å². The van der Waals surface area contributed by atoms with E-state index >= 15 is 0 Å². The minimum atomic E-state index is -0.935. The predicted molar refractivity (Wildman–Crippen MR) is 135 cm³/mol. The van der Waals surface area contributed by atoms with E-state index in [-0.39, 0.29) is 18.3 Å². The molecule has 0 spiro atoms. The Balaban J connectivity index is 1.75. The van der Waals surface area contributed by atoms with Crippen LogP contribution in [0.4, 0.5) is 0 Å². The second-order valence-electron chi connectivity index (χ2n) is 9.61. The number of carbonyl (C=O) groups is 3. The Bertz CT molecular complexity index is 1050. The molecule has 10 heteroatoms. The molecule has 5 N–H and O–H groups in total.